The Morgan fingerprint density at radius 1 is 1.29 bits per heavy atom. The fourth-order valence-corrected chi connectivity index (χ4v) is 1.71. The normalized spacial score (nSPS) is 11.2. The number of hydrogen-bond acceptors (Lipinski definition) is 3. The summed E-state index contributed by atoms with van der Waals surface area (Å²) < 4.78 is 38.5. The lowest BCUT2D eigenvalue weighted by molar-refractivity contribution is 0.146. The van der Waals surface area contributed by atoms with Gasteiger partial charge in [0.15, 0.2) is 0 Å². The fourth-order valence-electron chi connectivity index (χ4n) is 1.71. The molecule has 17 heavy (non-hydrogen) atoms. The van der Waals surface area contributed by atoms with E-state index in [0.717, 1.165) is 6.07 Å². The number of fused-ring (bicyclic) bond motifs is 1. The Morgan fingerprint density at radius 2 is 2.00 bits per heavy atom. The molecule has 0 aliphatic carbocycles. The summed E-state index contributed by atoms with van der Waals surface area (Å²) in [5, 5.41) is 0.384. The van der Waals surface area contributed by atoms with Gasteiger partial charge in [0.2, 0.25) is 0 Å². The molecule has 0 spiro atoms. The Labute approximate surface area is 95.4 Å². The first kappa shape index (κ1) is 11.7. The first-order valence-electron chi connectivity index (χ1n) is 4.88. The smallest absolute Gasteiger partial charge is 0.280 e. The number of rotatable bonds is 2. The molecule has 0 saturated heterocycles. The van der Waals surface area contributed by atoms with Crippen LogP contribution in [0.15, 0.2) is 18.2 Å². The number of halogens is 3. The standard InChI is InChI=1S/C11H10F3N3/c1-5-2-6(12)3-7-8(17-15)4-9(11(13)14)16-10(5)7/h2-4,11H,15H2,1H3,(H,16,17). The number of hydrogen-bond donors (Lipinski definition) is 2. The zero-order valence-corrected chi connectivity index (χ0v) is 8.97. The van der Waals surface area contributed by atoms with E-state index in [1.165, 1.54) is 12.1 Å². The van der Waals surface area contributed by atoms with Gasteiger partial charge in [-0.05, 0) is 30.7 Å². The maximum Gasteiger partial charge on any atom is 0.280 e. The van der Waals surface area contributed by atoms with Gasteiger partial charge in [0.1, 0.15) is 11.5 Å². The summed E-state index contributed by atoms with van der Waals surface area (Å²) in [6.45, 7) is 1.61. The van der Waals surface area contributed by atoms with Gasteiger partial charge in [0, 0.05) is 5.39 Å². The summed E-state index contributed by atoms with van der Waals surface area (Å²) in [4.78, 5) is 3.81. The molecule has 90 valence electrons. The van der Waals surface area contributed by atoms with E-state index < -0.39 is 12.2 Å². The van der Waals surface area contributed by atoms with Crippen molar-refractivity contribution in [2.24, 2.45) is 5.84 Å². The highest BCUT2D eigenvalue weighted by molar-refractivity contribution is 5.93. The summed E-state index contributed by atoms with van der Waals surface area (Å²) >= 11 is 0. The van der Waals surface area contributed by atoms with Crippen LogP contribution < -0.4 is 11.3 Å². The van der Waals surface area contributed by atoms with E-state index >= 15 is 0 Å². The molecule has 0 aliphatic heterocycles. The van der Waals surface area contributed by atoms with Crippen molar-refractivity contribution in [2.75, 3.05) is 5.43 Å². The SMILES string of the molecule is Cc1cc(F)cc2c(NN)cc(C(F)F)nc12. The molecule has 0 bridgehead atoms. The third kappa shape index (κ3) is 2.03. The van der Waals surface area contributed by atoms with Gasteiger partial charge in [-0.15, -0.1) is 0 Å². The minimum absolute atomic E-state index is 0.230. The molecule has 1 heterocycles. The predicted molar refractivity (Wildman–Crippen MR) is 59.2 cm³/mol. The number of nitrogens with zero attached hydrogens (tertiary/aromatic N) is 1. The lowest BCUT2D eigenvalue weighted by atomic mass is 10.1. The quantitative estimate of drug-likeness (QED) is 0.627. The van der Waals surface area contributed by atoms with Crippen LogP contribution in [-0.4, -0.2) is 4.98 Å². The number of pyridine rings is 1. The van der Waals surface area contributed by atoms with Gasteiger partial charge in [-0.25, -0.2) is 18.2 Å². The number of benzene rings is 1. The van der Waals surface area contributed by atoms with E-state index in [2.05, 4.69) is 10.4 Å². The minimum atomic E-state index is -2.70. The Morgan fingerprint density at radius 3 is 2.59 bits per heavy atom. The van der Waals surface area contributed by atoms with E-state index in [1.54, 1.807) is 6.92 Å². The second-order valence-corrected chi connectivity index (χ2v) is 3.66. The van der Waals surface area contributed by atoms with Crippen LogP contribution in [0, 0.1) is 12.7 Å². The van der Waals surface area contributed by atoms with Crippen molar-refractivity contribution < 1.29 is 13.2 Å². The molecular formula is C11H10F3N3. The number of nitrogens with two attached hydrogens (primary N) is 1. The third-order valence-electron chi connectivity index (χ3n) is 2.47. The Balaban J connectivity index is 2.82. The Hall–Kier alpha value is -1.82. The highest BCUT2D eigenvalue weighted by Gasteiger charge is 2.14. The molecule has 3 N–H and O–H groups in total. The largest absolute Gasteiger partial charge is 0.323 e. The number of nitrogen functional groups attached to an aromatic ring is 1. The number of nitrogens with one attached hydrogen (secondary N) is 1. The van der Waals surface area contributed by atoms with Crippen molar-refractivity contribution in [1.29, 1.82) is 0 Å². The van der Waals surface area contributed by atoms with Gasteiger partial charge < -0.3 is 5.43 Å². The average molecular weight is 241 g/mol. The van der Waals surface area contributed by atoms with E-state index in [9.17, 15) is 13.2 Å². The maximum atomic E-state index is 13.2. The molecule has 0 fully saturated rings. The number of aromatic nitrogens is 1. The second kappa shape index (κ2) is 4.21. The highest BCUT2D eigenvalue weighted by Crippen LogP contribution is 2.29. The lowest BCUT2D eigenvalue weighted by Gasteiger charge is -2.10. The molecule has 6 heteroatoms. The van der Waals surface area contributed by atoms with Gasteiger partial charge in [0.25, 0.3) is 6.43 Å². The van der Waals surface area contributed by atoms with Crippen molar-refractivity contribution in [1.82, 2.24) is 4.98 Å². The summed E-state index contributed by atoms with van der Waals surface area (Å²) in [7, 11) is 0. The molecule has 2 aromatic rings. The van der Waals surface area contributed by atoms with Crippen LogP contribution in [0.4, 0.5) is 18.9 Å². The number of anilines is 1. The molecule has 0 saturated carbocycles. The molecular weight excluding hydrogens is 231 g/mol. The third-order valence-corrected chi connectivity index (χ3v) is 2.47. The van der Waals surface area contributed by atoms with Crippen molar-refractivity contribution >= 4 is 16.6 Å². The highest BCUT2D eigenvalue weighted by atomic mass is 19.3. The van der Waals surface area contributed by atoms with Crippen LogP contribution in [0.3, 0.4) is 0 Å². The number of alkyl halides is 2. The summed E-state index contributed by atoms with van der Waals surface area (Å²) in [6.07, 6.45) is -2.70. The number of aryl methyl sites for hydroxylation is 1. The van der Waals surface area contributed by atoms with Crippen LogP contribution in [0.1, 0.15) is 17.7 Å². The maximum absolute atomic E-state index is 13.2. The van der Waals surface area contributed by atoms with Crippen LogP contribution >= 0.6 is 0 Å². The second-order valence-electron chi connectivity index (χ2n) is 3.66. The number of hydrazine groups is 1. The van der Waals surface area contributed by atoms with Crippen molar-refractivity contribution in [3.8, 4) is 0 Å². The fraction of sp³-hybridized carbons (Fsp3) is 0.182. The molecule has 2 rings (SSSR count). The monoisotopic (exact) mass is 241 g/mol. The topological polar surface area (TPSA) is 50.9 Å². The Bertz CT molecular complexity index is 569. The van der Waals surface area contributed by atoms with Crippen molar-refractivity contribution in [3.63, 3.8) is 0 Å². The van der Waals surface area contributed by atoms with Gasteiger partial charge in [-0.1, -0.05) is 0 Å². The van der Waals surface area contributed by atoms with Crippen LogP contribution in [-0.2, 0) is 0 Å². The van der Waals surface area contributed by atoms with E-state index in [-0.39, 0.29) is 11.4 Å². The van der Waals surface area contributed by atoms with E-state index in [1.807, 2.05) is 0 Å². The van der Waals surface area contributed by atoms with Gasteiger partial charge in [-0.3, -0.25) is 5.84 Å². The summed E-state index contributed by atoms with van der Waals surface area (Å²) in [5.41, 5.74) is 2.92. The average Bonchev–Trinajstić information content (AvgIpc) is 2.27. The van der Waals surface area contributed by atoms with Gasteiger partial charge in [0.05, 0.1) is 11.2 Å². The molecule has 1 aromatic carbocycles. The molecule has 3 nitrogen and oxygen atoms in total. The minimum Gasteiger partial charge on any atom is -0.323 e. The van der Waals surface area contributed by atoms with Crippen molar-refractivity contribution in [3.05, 3.63) is 35.3 Å². The van der Waals surface area contributed by atoms with E-state index in [0.29, 0.717) is 16.5 Å². The van der Waals surface area contributed by atoms with Gasteiger partial charge >= 0.3 is 0 Å². The van der Waals surface area contributed by atoms with Crippen LogP contribution in [0.2, 0.25) is 0 Å². The van der Waals surface area contributed by atoms with Crippen molar-refractivity contribution in [2.45, 2.75) is 13.3 Å². The Kier molecular flexibility index (Phi) is 2.89. The molecule has 0 aliphatic rings. The zero-order valence-electron chi connectivity index (χ0n) is 8.97. The van der Waals surface area contributed by atoms with Crippen LogP contribution in [0.25, 0.3) is 10.9 Å². The first-order chi connectivity index (χ1) is 8.02. The van der Waals surface area contributed by atoms with Gasteiger partial charge in [-0.2, -0.15) is 0 Å². The summed E-state index contributed by atoms with van der Waals surface area (Å²) in [6, 6.07) is 3.57. The summed E-state index contributed by atoms with van der Waals surface area (Å²) in [5.74, 6) is 4.78. The molecule has 1 aromatic heterocycles. The first-order valence-corrected chi connectivity index (χ1v) is 4.88. The zero-order chi connectivity index (χ0) is 12.6. The molecule has 0 radical (unpaired) electrons. The van der Waals surface area contributed by atoms with Crippen LogP contribution in [0.5, 0.6) is 0 Å². The molecule has 0 unspecified atom stereocenters. The predicted octanol–water partition coefficient (Wildman–Crippen LogP) is 2.91. The molecule has 0 amide bonds. The molecule has 0 atom stereocenters. The van der Waals surface area contributed by atoms with E-state index in [4.69, 9.17) is 5.84 Å². The lowest BCUT2D eigenvalue weighted by Crippen LogP contribution is -2.09.